The number of carbonyl (C=O) groups is 2. The quantitative estimate of drug-likeness (QED) is 0.816. The minimum absolute atomic E-state index is 0.125. The van der Waals surface area contributed by atoms with E-state index in [1.54, 1.807) is 24.3 Å². The Hall–Kier alpha value is -2.69. The molecule has 0 atom stereocenters. The van der Waals surface area contributed by atoms with Crippen molar-refractivity contribution in [2.24, 2.45) is 0 Å². The molecular weight excluding hydrogens is 285 g/mol. The first-order chi connectivity index (χ1) is 10.5. The topological polar surface area (TPSA) is 46.6 Å². The monoisotopic (exact) mass is 299 g/mol. The van der Waals surface area contributed by atoms with Crippen LogP contribution in [0.4, 0.5) is 10.1 Å². The van der Waals surface area contributed by atoms with Crippen LogP contribution in [0, 0.1) is 5.82 Å². The Bertz CT molecular complexity index is 735. The number of fused-ring (bicyclic) bond motifs is 1. The van der Waals surface area contributed by atoms with Gasteiger partial charge in [-0.1, -0.05) is 12.1 Å². The van der Waals surface area contributed by atoms with Gasteiger partial charge in [0.25, 0.3) is 11.8 Å². The summed E-state index contributed by atoms with van der Waals surface area (Å²) in [6.07, 6.45) is -0.167. The van der Waals surface area contributed by atoms with Gasteiger partial charge in [0.2, 0.25) is 0 Å². The van der Waals surface area contributed by atoms with Crippen LogP contribution in [-0.4, -0.2) is 17.9 Å². The molecule has 0 spiro atoms. The van der Waals surface area contributed by atoms with Gasteiger partial charge in [0, 0.05) is 6.07 Å². The Labute approximate surface area is 127 Å². The molecule has 2 aromatic carbocycles. The van der Waals surface area contributed by atoms with Crippen molar-refractivity contribution in [1.82, 2.24) is 0 Å². The van der Waals surface area contributed by atoms with Gasteiger partial charge in [-0.2, -0.15) is 0 Å². The number of anilines is 1. The lowest BCUT2D eigenvalue weighted by Gasteiger charge is -2.20. The zero-order chi connectivity index (χ0) is 15.9. The Kier molecular flexibility index (Phi) is 3.41. The molecule has 0 aliphatic carbocycles. The molecule has 0 radical (unpaired) electrons. The molecule has 0 fully saturated rings. The van der Waals surface area contributed by atoms with Crippen LogP contribution >= 0.6 is 0 Å². The van der Waals surface area contributed by atoms with Crippen LogP contribution in [0.1, 0.15) is 34.6 Å². The maximum Gasteiger partial charge on any atom is 0.266 e. The zero-order valence-electron chi connectivity index (χ0n) is 12.2. The summed E-state index contributed by atoms with van der Waals surface area (Å²) < 4.78 is 19.2. The summed E-state index contributed by atoms with van der Waals surface area (Å²) in [7, 11) is 0. The van der Waals surface area contributed by atoms with Crippen molar-refractivity contribution in [2.45, 2.75) is 20.0 Å². The highest BCUT2D eigenvalue weighted by molar-refractivity contribution is 6.34. The molecular formula is C17H14FNO3. The highest BCUT2D eigenvalue weighted by Gasteiger charge is 2.38. The van der Waals surface area contributed by atoms with E-state index in [9.17, 15) is 14.0 Å². The van der Waals surface area contributed by atoms with Gasteiger partial charge in [0.15, 0.2) is 0 Å². The van der Waals surface area contributed by atoms with E-state index >= 15 is 0 Å². The summed E-state index contributed by atoms with van der Waals surface area (Å²) in [5.74, 6) is -1.19. The predicted molar refractivity (Wildman–Crippen MR) is 79.7 cm³/mol. The number of halogens is 1. The molecule has 1 aliphatic rings. The fraction of sp³-hybridized carbons (Fsp3) is 0.176. The van der Waals surface area contributed by atoms with E-state index in [1.807, 2.05) is 13.8 Å². The minimum Gasteiger partial charge on any atom is -0.489 e. The first-order valence-corrected chi connectivity index (χ1v) is 6.93. The molecule has 0 saturated heterocycles. The summed E-state index contributed by atoms with van der Waals surface area (Å²) in [6.45, 7) is 3.63. The van der Waals surface area contributed by atoms with E-state index < -0.39 is 17.6 Å². The van der Waals surface area contributed by atoms with Gasteiger partial charge >= 0.3 is 0 Å². The first kappa shape index (κ1) is 14.3. The molecule has 5 heteroatoms. The largest absolute Gasteiger partial charge is 0.489 e. The van der Waals surface area contributed by atoms with Gasteiger partial charge in [-0.15, -0.1) is 0 Å². The van der Waals surface area contributed by atoms with Crippen molar-refractivity contribution in [3.05, 3.63) is 59.4 Å². The Morgan fingerprint density at radius 2 is 1.59 bits per heavy atom. The summed E-state index contributed by atoms with van der Waals surface area (Å²) in [6, 6.07) is 10.3. The van der Waals surface area contributed by atoms with Crippen molar-refractivity contribution >= 4 is 17.5 Å². The van der Waals surface area contributed by atoms with Crippen LogP contribution in [0.15, 0.2) is 42.5 Å². The Morgan fingerprint density at radius 1 is 1.00 bits per heavy atom. The van der Waals surface area contributed by atoms with Gasteiger partial charge in [-0.3, -0.25) is 9.59 Å². The van der Waals surface area contributed by atoms with Crippen LogP contribution in [0.5, 0.6) is 5.75 Å². The molecule has 0 saturated carbocycles. The van der Waals surface area contributed by atoms with Crippen molar-refractivity contribution in [1.29, 1.82) is 0 Å². The molecule has 0 N–H and O–H groups in total. The lowest BCUT2D eigenvalue weighted by molar-refractivity contribution is 0.0924. The minimum atomic E-state index is -0.539. The first-order valence-electron chi connectivity index (χ1n) is 6.93. The number of benzene rings is 2. The number of ether oxygens (including phenoxy) is 1. The smallest absolute Gasteiger partial charge is 0.266 e. The molecule has 2 amide bonds. The van der Waals surface area contributed by atoms with E-state index in [0.29, 0.717) is 16.9 Å². The summed E-state index contributed by atoms with van der Waals surface area (Å²) in [5, 5.41) is 0. The van der Waals surface area contributed by atoms with Crippen molar-refractivity contribution in [2.75, 3.05) is 4.90 Å². The normalized spacial score (nSPS) is 13.7. The number of amides is 2. The lowest BCUT2D eigenvalue weighted by Crippen LogP contribution is -2.30. The fourth-order valence-corrected chi connectivity index (χ4v) is 2.43. The van der Waals surface area contributed by atoms with E-state index in [-0.39, 0.29) is 11.8 Å². The molecule has 112 valence electrons. The third-order valence-electron chi connectivity index (χ3n) is 3.32. The third-order valence-corrected chi connectivity index (χ3v) is 3.32. The maximum absolute atomic E-state index is 13.6. The van der Waals surface area contributed by atoms with Crippen LogP contribution in [0.3, 0.4) is 0 Å². The van der Waals surface area contributed by atoms with Crippen molar-refractivity contribution in [3.63, 3.8) is 0 Å². The van der Waals surface area contributed by atoms with Crippen molar-refractivity contribution < 1.29 is 18.7 Å². The second-order valence-electron chi connectivity index (χ2n) is 5.27. The predicted octanol–water partition coefficient (Wildman–Crippen LogP) is 3.41. The highest BCUT2D eigenvalue weighted by atomic mass is 19.1. The third kappa shape index (κ3) is 2.24. The number of hydrogen-bond donors (Lipinski definition) is 0. The molecule has 1 aliphatic heterocycles. The van der Waals surface area contributed by atoms with Crippen LogP contribution in [0.25, 0.3) is 0 Å². The van der Waals surface area contributed by atoms with Crippen LogP contribution in [-0.2, 0) is 0 Å². The average molecular weight is 299 g/mol. The Morgan fingerprint density at radius 3 is 2.14 bits per heavy atom. The van der Waals surface area contributed by atoms with E-state index in [2.05, 4.69) is 0 Å². The van der Waals surface area contributed by atoms with Crippen LogP contribution in [0.2, 0.25) is 0 Å². The van der Waals surface area contributed by atoms with E-state index in [0.717, 1.165) is 11.0 Å². The highest BCUT2D eigenvalue weighted by Crippen LogP contribution is 2.35. The molecule has 0 unspecified atom stereocenters. The van der Waals surface area contributed by atoms with Gasteiger partial charge in [0.05, 0.1) is 22.9 Å². The second-order valence-corrected chi connectivity index (χ2v) is 5.27. The van der Waals surface area contributed by atoms with E-state index in [4.69, 9.17) is 4.74 Å². The SMILES string of the molecule is CC(C)Oc1ccc(F)cc1N1C(=O)c2ccccc2C1=O. The molecule has 0 bridgehead atoms. The number of imide groups is 1. The van der Waals surface area contributed by atoms with Crippen molar-refractivity contribution in [3.8, 4) is 5.75 Å². The summed E-state index contributed by atoms with van der Waals surface area (Å²) in [4.78, 5) is 25.9. The fourth-order valence-electron chi connectivity index (χ4n) is 2.43. The molecule has 3 rings (SSSR count). The average Bonchev–Trinajstić information content (AvgIpc) is 2.73. The maximum atomic E-state index is 13.6. The molecule has 1 heterocycles. The van der Waals surface area contributed by atoms with E-state index in [1.165, 1.54) is 12.1 Å². The number of nitrogens with zero attached hydrogens (tertiary/aromatic N) is 1. The lowest BCUT2D eigenvalue weighted by atomic mass is 10.1. The summed E-state index contributed by atoms with van der Waals surface area (Å²) in [5.41, 5.74) is 0.749. The van der Waals surface area contributed by atoms with Gasteiger partial charge in [-0.05, 0) is 38.1 Å². The van der Waals surface area contributed by atoms with Gasteiger partial charge in [-0.25, -0.2) is 9.29 Å². The molecule has 4 nitrogen and oxygen atoms in total. The Balaban J connectivity index is 2.11. The standard InChI is InChI=1S/C17H14FNO3/c1-10(2)22-15-8-7-11(18)9-14(15)19-16(20)12-5-3-4-6-13(12)17(19)21/h3-10H,1-2H3. The second kappa shape index (κ2) is 5.26. The number of hydrogen-bond acceptors (Lipinski definition) is 3. The van der Waals surface area contributed by atoms with Crippen LogP contribution < -0.4 is 9.64 Å². The van der Waals surface area contributed by atoms with Gasteiger partial charge < -0.3 is 4.74 Å². The molecule has 0 aromatic heterocycles. The zero-order valence-corrected chi connectivity index (χ0v) is 12.2. The molecule has 2 aromatic rings. The molecule has 22 heavy (non-hydrogen) atoms. The van der Waals surface area contributed by atoms with Gasteiger partial charge in [0.1, 0.15) is 11.6 Å². The summed E-state index contributed by atoms with van der Waals surface area (Å²) >= 11 is 0. The number of carbonyl (C=O) groups excluding carboxylic acids is 2. The number of rotatable bonds is 3.